The summed E-state index contributed by atoms with van der Waals surface area (Å²) in [6, 6.07) is 15.5. The third kappa shape index (κ3) is 2.57. The van der Waals surface area contributed by atoms with Gasteiger partial charge in [-0.2, -0.15) is 0 Å². The number of nitrogens with one attached hydrogen (secondary N) is 1. The van der Waals surface area contributed by atoms with E-state index in [-0.39, 0.29) is 5.91 Å². The number of benzene rings is 1. The molecule has 0 bridgehead atoms. The maximum absolute atomic E-state index is 12.6. The van der Waals surface area contributed by atoms with Gasteiger partial charge in [0.2, 0.25) is 0 Å². The maximum Gasteiger partial charge on any atom is 0.274 e. The summed E-state index contributed by atoms with van der Waals surface area (Å²) in [5.41, 5.74) is 3.17. The normalized spacial score (nSPS) is 10.9. The summed E-state index contributed by atoms with van der Waals surface area (Å²) in [4.78, 5) is 21.3. The van der Waals surface area contributed by atoms with Gasteiger partial charge in [-0.3, -0.25) is 15.1 Å². The predicted molar refractivity (Wildman–Crippen MR) is 96.2 cm³/mol. The summed E-state index contributed by atoms with van der Waals surface area (Å²) >= 11 is 1.39. The van der Waals surface area contributed by atoms with Crippen molar-refractivity contribution in [1.82, 2.24) is 14.5 Å². The van der Waals surface area contributed by atoms with Gasteiger partial charge in [0.25, 0.3) is 5.91 Å². The molecule has 4 rings (SSSR count). The average Bonchev–Trinajstić information content (AvgIpc) is 3.21. The summed E-state index contributed by atoms with van der Waals surface area (Å²) in [6.45, 7) is 0. The largest absolute Gasteiger partial charge is 0.340 e. The lowest BCUT2D eigenvalue weighted by Crippen LogP contribution is -2.15. The van der Waals surface area contributed by atoms with Crippen molar-refractivity contribution >= 4 is 33.3 Å². The minimum atomic E-state index is -0.171. The molecule has 0 atom stereocenters. The van der Waals surface area contributed by atoms with Crippen LogP contribution in [0.4, 0.5) is 5.13 Å². The number of nitrogens with zero attached hydrogens (tertiary/aromatic N) is 3. The molecule has 24 heavy (non-hydrogen) atoms. The van der Waals surface area contributed by atoms with E-state index < -0.39 is 0 Å². The second-order valence-corrected chi connectivity index (χ2v) is 6.21. The van der Waals surface area contributed by atoms with Gasteiger partial charge in [-0.05, 0) is 24.3 Å². The van der Waals surface area contributed by atoms with Crippen LogP contribution in [0.25, 0.3) is 22.3 Å². The van der Waals surface area contributed by atoms with Crippen LogP contribution in [0.1, 0.15) is 10.5 Å². The Labute approximate surface area is 142 Å². The van der Waals surface area contributed by atoms with Crippen molar-refractivity contribution < 1.29 is 4.79 Å². The minimum absolute atomic E-state index is 0.171. The highest BCUT2D eigenvalue weighted by Gasteiger charge is 2.15. The molecule has 3 heterocycles. The molecule has 0 aliphatic rings. The first-order valence-electron chi connectivity index (χ1n) is 7.45. The van der Waals surface area contributed by atoms with Crippen molar-refractivity contribution in [2.75, 3.05) is 5.32 Å². The zero-order valence-electron chi connectivity index (χ0n) is 12.9. The lowest BCUT2D eigenvalue weighted by molar-refractivity contribution is 0.101. The van der Waals surface area contributed by atoms with Gasteiger partial charge in [0.1, 0.15) is 11.4 Å². The maximum atomic E-state index is 12.6. The van der Waals surface area contributed by atoms with Crippen molar-refractivity contribution in [2.24, 2.45) is 7.05 Å². The van der Waals surface area contributed by atoms with Crippen molar-refractivity contribution in [2.45, 2.75) is 0 Å². The number of anilines is 1. The molecule has 6 heteroatoms. The molecule has 0 aliphatic heterocycles. The molecular weight excluding hydrogens is 320 g/mol. The van der Waals surface area contributed by atoms with Gasteiger partial charge in [0.05, 0.1) is 5.69 Å². The average molecular weight is 334 g/mol. The number of rotatable bonds is 3. The molecule has 3 aromatic heterocycles. The number of aromatic nitrogens is 3. The number of para-hydroxylation sites is 1. The molecule has 1 amide bonds. The number of fused-ring (bicyclic) bond motifs is 1. The van der Waals surface area contributed by atoms with E-state index in [2.05, 4.69) is 15.3 Å². The van der Waals surface area contributed by atoms with Crippen LogP contribution in [0.5, 0.6) is 0 Å². The summed E-state index contributed by atoms with van der Waals surface area (Å²) < 4.78 is 1.89. The zero-order valence-corrected chi connectivity index (χ0v) is 13.7. The molecule has 1 aromatic carbocycles. The Morgan fingerprint density at radius 3 is 2.75 bits per heavy atom. The van der Waals surface area contributed by atoms with E-state index >= 15 is 0 Å². The van der Waals surface area contributed by atoms with Crippen molar-refractivity contribution in [3.8, 4) is 11.4 Å². The summed E-state index contributed by atoms with van der Waals surface area (Å²) in [5, 5.41) is 6.36. The minimum Gasteiger partial charge on any atom is -0.340 e. The molecule has 0 fully saturated rings. The van der Waals surface area contributed by atoms with E-state index in [1.807, 2.05) is 65.5 Å². The summed E-state index contributed by atoms with van der Waals surface area (Å²) in [6.07, 6.45) is 1.72. The van der Waals surface area contributed by atoms with Gasteiger partial charge in [0, 0.05) is 29.5 Å². The number of hydrogen-bond acceptors (Lipinski definition) is 4. The smallest absolute Gasteiger partial charge is 0.274 e. The molecule has 0 unspecified atom stereocenters. The van der Waals surface area contributed by atoms with Crippen molar-refractivity contribution in [3.05, 3.63) is 65.8 Å². The standard InChI is InChI=1S/C18H14N4OS/c1-22-15-8-3-2-6-12(15)10-16(22)17(23)21-18-20-14(11-24-18)13-7-4-5-9-19-13/h2-11H,1H3,(H,20,21,23). The molecule has 0 saturated heterocycles. The molecule has 118 valence electrons. The first-order chi connectivity index (χ1) is 11.7. The van der Waals surface area contributed by atoms with Crippen molar-refractivity contribution in [3.63, 3.8) is 0 Å². The SMILES string of the molecule is Cn1c(C(=O)Nc2nc(-c3ccccn3)cs2)cc2ccccc21. The number of hydrogen-bond donors (Lipinski definition) is 1. The third-order valence-electron chi connectivity index (χ3n) is 3.84. The Kier molecular flexibility index (Phi) is 3.59. The van der Waals surface area contributed by atoms with Gasteiger partial charge in [-0.25, -0.2) is 4.98 Å². The van der Waals surface area contributed by atoms with E-state index in [1.165, 1.54) is 11.3 Å². The van der Waals surface area contributed by atoms with Crippen LogP contribution in [0.3, 0.4) is 0 Å². The number of pyridine rings is 1. The van der Waals surface area contributed by atoms with E-state index in [4.69, 9.17) is 0 Å². The first-order valence-corrected chi connectivity index (χ1v) is 8.33. The number of carbonyl (C=O) groups is 1. The second-order valence-electron chi connectivity index (χ2n) is 5.35. The van der Waals surface area contributed by atoms with Crippen LogP contribution in [0, 0.1) is 0 Å². The molecule has 0 saturated carbocycles. The molecule has 0 radical (unpaired) electrons. The van der Waals surface area contributed by atoms with E-state index in [0.717, 1.165) is 22.3 Å². The highest BCUT2D eigenvalue weighted by molar-refractivity contribution is 7.14. The van der Waals surface area contributed by atoms with E-state index in [9.17, 15) is 4.79 Å². The number of aryl methyl sites for hydroxylation is 1. The Morgan fingerprint density at radius 2 is 1.96 bits per heavy atom. The van der Waals surface area contributed by atoms with Gasteiger partial charge >= 0.3 is 0 Å². The topological polar surface area (TPSA) is 59.8 Å². The fourth-order valence-electron chi connectivity index (χ4n) is 2.63. The van der Waals surface area contributed by atoms with Gasteiger partial charge in [-0.15, -0.1) is 11.3 Å². The van der Waals surface area contributed by atoms with Crippen LogP contribution in [-0.4, -0.2) is 20.4 Å². The highest BCUT2D eigenvalue weighted by atomic mass is 32.1. The fraction of sp³-hybridized carbons (Fsp3) is 0.0556. The second kappa shape index (κ2) is 5.90. The molecule has 0 spiro atoms. The van der Waals surface area contributed by atoms with Crippen LogP contribution in [0.15, 0.2) is 60.1 Å². The Bertz CT molecular complexity index is 1020. The quantitative estimate of drug-likeness (QED) is 0.617. The number of amides is 1. The monoisotopic (exact) mass is 334 g/mol. The molecule has 5 nitrogen and oxygen atoms in total. The zero-order chi connectivity index (χ0) is 16.5. The van der Waals surface area contributed by atoms with E-state index in [0.29, 0.717) is 10.8 Å². The predicted octanol–water partition coefficient (Wildman–Crippen LogP) is 3.95. The Hall–Kier alpha value is -2.99. The molecule has 0 aliphatic carbocycles. The summed E-state index contributed by atoms with van der Waals surface area (Å²) in [7, 11) is 1.89. The fourth-order valence-corrected chi connectivity index (χ4v) is 3.33. The van der Waals surface area contributed by atoms with Gasteiger partial charge in [-0.1, -0.05) is 24.3 Å². The highest BCUT2D eigenvalue weighted by Crippen LogP contribution is 2.24. The van der Waals surface area contributed by atoms with Gasteiger partial charge in [0.15, 0.2) is 5.13 Å². The van der Waals surface area contributed by atoms with Crippen molar-refractivity contribution in [1.29, 1.82) is 0 Å². The third-order valence-corrected chi connectivity index (χ3v) is 4.59. The molecule has 4 aromatic rings. The molecular formula is C18H14N4OS. The lowest BCUT2D eigenvalue weighted by atomic mass is 10.2. The molecule has 1 N–H and O–H groups in total. The van der Waals surface area contributed by atoms with E-state index in [1.54, 1.807) is 6.20 Å². The lowest BCUT2D eigenvalue weighted by Gasteiger charge is -2.03. The van der Waals surface area contributed by atoms with Crippen LogP contribution >= 0.6 is 11.3 Å². The summed E-state index contributed by atoms with van der Waals surface area (Å²) in [5.74, 6) is -0.171. The van der Waals surface area contributed by atoms with Crippen LogP contribution < -0.4 is 5.32 Å². The number of thiazole rings is 1. The van der Waals surface area contributed by atoms with Crippen LogP contribution in [0.2, 0.25) is 0 Å². The number of carbonyl (C=O) groups excluding carboxylic acids is 1. The van der Waals surface area contributed by atoms with Gasteiger partial charge < -0.3 is 4.57 Å². The Balaban J connectivity index is 1.60. The van der Waals surface area contributed by atoms with Crippen LogP contribution in [-0.2, 0) is 7.05 Å². The first kappa shape index (κ1) is 14.6. The Morgan fingerprint density at radius 1 is 1.12 bits per heavy atom.